The van der Waals surface area contributed by atoms with E-state index in [1.807, 2.05) is 13.0 Å². The van der Waals surface area contributed by atoms with Crippen molar-refractivity contribution >= 4 is 30.5 Å². The number of aromatic hydroxyl groups is 1. The normalized spacial score (nSPS) is 17.2. The molecule has 110 valence electrons. The second-order valence-electron chi connectivity index (χ2n) is 4.70. The average Bonchev–Trinajstić information content (AvgIpc) is 2.35. The Labute approximate surface area is 127 Å². The molecule has 0 radical (unpaired) electrons. The van der Waals surface area contributed by atoms with Crippen LogP contribution >= 0.6 is 24.8 Å². The minimum Gasteiger partial charge on any atom is -0.505 e. The number of hydrogen-bond donors (Lipinski definition) is 3. The third-order valence-electron chi connectivity index (χ3n) is 3.58. The number of hydrogen-bond acceptors (Lipinski definition) is 4. The van der Waals surface area contributed by atoms with Gasteiger partial charge in [-0.3, -0.25) is 4.90 Å². The summed E-state index contributed by atoms with van der Waals surface area (Å²) in [5, 5.41) is 13.4. The first-order valence-corrected chi connectivity index (χ1v) is 6.14. The van der Waals surface area contributed by atoms with Gasteiger partial charge in [0.1, 0.15) is 5.75 Å². The smallest absolute Gasteiger partial charge is 0.143 e. The van der Waals surface area contributed by atoms with Crippen molar-refractivity contribution in [3.8, 4) is 5.75 Å². The number of anilines is 1. The molecule has 0 amide bonds. The van der Waals surface area contributed by atoms with Crippen LogP contribution < -0.4 is 11.1 Å². The molecule has 1 aromatic rings. The number of phenols is 1. The lowest BCUT2D eigenvalue weighted by Gasteiger charge is -2.34. The first kappa shape index (κ1) is 18.3. The molecule has 4 nitrogen and oxygen atoms in total. The summed E-state index contributed by atoms with van der Waals surface area (Å²) in [5.41, 5.74) is 8.31. The Hall–Kier alpha value is -0.680. The van der Waals surface area contributed by atoms with Crippen LogP contribution in [0.3, 0.4) is 0 Å². The van der Waals surface area contributed by atoms with E-state index in [0.717, 1.165) is 37.3 Å². The Morgan fingerprint density at radius 1 is 1.26 bits per heavy atom. The largest absolute Gasteiger partial charge is 0.505 e. The zero-order valence-electron chi connectivity index (χ0n) is 11.3. The van der Waals surface area contributed by atoms with Gasteiger partial charge in [0.05, 0.1) is 5.69 Å². The van der Waals surface area contributed by atoms with Crippen molar-refractivity contribution in [1.82, 2.24) is 10.2 Å². The van der Waals surface area contributed by atoms with Crippen LogP contribution in [0.4, 0.5) is 5.69 Å². The van der Waals surface area contributed by atoms with Crippen molar-refractivity contribution in [2.75, 3.05) is 31.9 Å². The predicted octanol–water partition coefficient (Wildman–Crippen LogP) is 2.09. The summed E-state index contributed by atoms with van der Waals surface area (Å²) in [7, 11) is 0. The minimum atomic E-state index is 0. The maximum absolute atomic E-state index is 10.1. The Morgan fingerprint density at radius 3 is 2.42 bits per heavy atom. The lowest BCUT2D eigenvalue weighted by atomic mass is 9.98. The summed E-state index contributed by atoms with van der Waals surface area (Å²) in [4.78, 5) is 2.37. The molecule has 0 spiro atoms. The lowest BCUT2D eigenvalue weighted by molar-refractivity contribution is 0.182. The molecule has 1 aromatic carbocycles. The summed E-state index contributed by atoms with van der Waals surface area (Å²) >= 11 is 0. The van der Waals surface area contributed by atoms with E-state index in [0.29, 0.717) is 5.69 Å². The molecule has 0 unspecified atom stereocenters. The van der Waals surface area contributed by atoms with Crippen LogP contribution in [0.15, 0.2) is 12.1 Å². The van der Waals surface area contributed by atoms with Crippen molar-refractivity contribution in [3.63, 3.8) is 0 Å². The number of piperazine rings is 1. The van der Waals surface area contributed by atoms with Gasteiger partial charge < -0.3 is 16.2 Å². The van der Waals surface area contributed by atoms with E-state index in [1.54, 1.807) is 6.07 Å². The van der Waals surface area contributed by atoms with Crippen LogP contribution in [0.1, 0.15) is 24.1 Å². The Morgan fingerprint density at radius 2 is 1.84 bits per heavy atom. The molecular formula is C13H23Cl2N3O. The van der Waals surface area contributed by atoms with Gasteiger partial charge in [-0.05, 0) is 25.5 Å². The topological polar surface area (TPSA) is 61.5 Å². The van der Waals surface area contributed by atoms with Crippen LogP contribution in [0.25, 0.3) is 0 Å². The van der Waals surface area contributed by atoms with Gasteiger partial charge in [-0.1, -0.05) is 6.07 Å². The minimum absolute atomic E-state index is 0. The van der Waals surface area contributed by atoms with Gasteiger partial charge in [-0.2, -0.15) is 0 Å². The molecule has 1 aliphatic rings. The molecule has 1 aliphatic heterocycles. The molecule has 0 bridgehead atoms. The van der Waals surface area contributed by atoms with Gasteiger partial charge in [0, 0.05) is 37.8 Å². The highest BCUT2D eigenvalue weighted by Gasteiger charge is 2.22. The molecular weight excluding hydrogens is 285 g/mol. The fourth-order valence-electron chi connectivity index (χ4n) is 2.51. The van der Waals surface area contributed by atoms with E-state index < -0.39 is 0 Å². The maximum Gasteiger partial charge on any atom is 0.143 e. The number of rotatable bonds is 2. The molecule has 0 saturated carbocycles. The average molecular weight is 308 g/mol. The van der Waals surface area contributed by atoms with Crippen LogP contribution in [-0.4, -0.2) is 36.2 Å². The van der Waals surface area contributed by atoms with Gasteiger partial charge in [-0.15, -0.1) is 24.8 Å². The van der Waals surface area contributed by atoms with Crippen LogP contribution in [0.5, 0.6) is 5.75 Å². The third-order valence-corrected chi connectivity index (χ3v) is 3.58. The maximum atomic E-state index is 10.1. The first-order chi connectivity index (χ1) is 8.11. The number of nitrogens with one attached hydrogen (secondary N) is 1. The quantitative estimate of drug-likeness (QED) is 0.578. The van der Waals surface area contributed by atoms with E-state index in [9.17, 15) is 5.11 Å². The van der Waals surface area contributed by atoms with Gasteiger partial charge in [0.2, 0.25) is 0 Å². The number of aryl methyl sites for hydroxylation is 1. The molecule has 0 aliphatic carbocycles. The van der Waals surface area contributed by atoms with Gasteiger partial charge in [-0.25, -0.2) is 0 Å². The molecule has 1 fully saturated rings. The first-order valence-electron chi connectivity index (χ1n) is 6.14. The van der Waals surface area contributed by atoms with E-state index in [2.05, 4.69) is 17.1 Å². The second kappa shape index (κ2) is 7.80. The molecule has 4 N–H and O–H groups in total. The summed E-state index contributed by atoms with van der Waals surface area (Å²) in [6.45, 7) is 8.18. The number of nitrogen functional groups attached to an aromatic ring is 1. The van der Waals surface area contributed by atoms with E-state index in [-0.39, 0.29) is 36.6 Å². The van der Waals surface area contributed by atoms with Crippen molar-refractivity contribution in [2.45, 2.75) is 19.9 Å². The highest BCUT2D eigenvalue weighted by Crippen LogP contribution is 2.35. The van der Waals surface area contributed by atoms with Gasteiger partial charge >= 0.3 is 0 Å². The molecule has 19 heavy (non-hydrogen) atoms. The molecule has 0 aromatic heterocycles. The van der Waals surface area contributed by atoms with Gasteiger partial charge in [0.25, 0.3) is 0 Å². The highest BCUT2D eigenvalue weighted by molar-refractivity contribution is 5.85. The predicted molar refractivity (Wildman–Crippen MR) is 84.6 cm³/mol. The van der Waals surface area contributed by atoms with Gasteiger partial charge in [0.15, 0.2) is 0 Å². The molecule has 1 atom stereocenters. The zero-order valence-corrected chi connectivity index (χ0v) is 13.0. The van der Waals surface area contributed by atoms with Crippen molar-refractivity contribution < 1.29 is 5.11 Å². The van der Waals surface area contributed by atoms with Crippen LogP contribution in [0, 0.1) is 6.92 Å². The number of nitrogens with two attached hydrogens (primary N) is 1. The number of halogens is 2. The number of nitrogens with zero attached hydrogens (tertiary/aromatic N) is 1. The number of benzene rings is 1. The standard InChI is InChI=1S/C13H21N3O.2ClH/c1-9-3-4-11(14)13(17)12(9)10(2)16-7-5-15-6-8-16;;/h3-4,10,15,17H,5-8,14H2,1-2H3;2*1H/t10-;;/m1../s1. The molecule has 1 heterocycles. The summed E-state index contributed by atoms with van der Waals surface area (Å²) in [6.07, 6.45) is 0. The molecule has 2 rings (SSSR count). The van der Waals surface area contributed by atoms with E-state index >= 15 is 0 Å². The SMILES string of the molecule is Cc1ccc(N)c(O)c1[C@@H](C)N1CCNCC1.Cl.Cl. The molecule has 1 saturated heterocycles. The van der Waals surface area contributed by atoms with Crippen molar-refractivity contribution in [3.05, 3.63) is 23.3 Å². The lowest BCUT2D eigenvalue weighted by Crippen LogP contribution is -2.44. The number of phenolic OH excluding ortho intramolecular Hbond substituents is 1. The monoisotopic (exact) mass is 307 g/mol. The van der Waals surface area contributed by atoms with E-state index in [4.69, 9.17) is 5.73 Å². The fourth-order valence-corrected chi connectivity index (χ4v) is 2.51. The van der Waals surface area contributed by atoms with E-state index in [1.165, 1.54) is 0 Å². The summed E-state index contributed by atoms with van der Waals surface area (Å²) < 4.78 is 0. The highest BCUT2D eigenvalue weighted by atomic mass is 35.5. The van der Waals surface area contributed by atoms with Crippen LogP contribution in [0.2, 0.25) is 0 Å². The summed E-state index contributed by atoms with van der Waals surface area (Å²) in [6, 6.07) is 3.95. The fraction of sp³-hybridized carbons (Fsp3) is 0.538. The summed E-state index contributed by atoms with van der Waals surface area (Å²) in [5.74, 6) is 0.246. The Kier molecular flexibility index (Phi) is 7.52. The molecule has 6 heteroatoms. The van der Waals surface area contributed by atoms with Crippen LogP contribution in [-0.2, 0) is 0 Å². The Bertz CT molecular complexity index is 409. The van der Waals surface area contributed by atoms with Crippen molar-refractivity contribution in [2.24, 2.45) is 0 Å². The Balaban J connectivity index is 0.00000162. The zero-order chi connectivity index (χ0) is 12.4. The second-order valence-corrected chi connectivity index (χ2v) is 4.70. The third kappa shape index (κ3) is 3.89. The van der Waals surface area contributed by atoms with Crippen molar-refractivity contribution in [1.29, 1.82) is 0 Å².